The fraction of sp³-hybridized carbons (Fsp3) is 0.333. The SMILES string of the molecule is Cc1ccc2n(c1=O)C(Cc1csc(-c3cc(F)cc(F)c3)n1)C(NS(C)(=O)=O)CC2. The highest BCUT2D eigenvalue weighted by Gasteiger charge is 2.33. The van der Waals surface area contributed by atoms with Crippen LogP contribution in [0.3, 0.4) is 0 Å². The fourth-order valence-electron chi connectivity index (χ4n) is 4.01. The molecule has 1 aliphatic rings. The Kier molecular flexibility index (Phi) is 5.80. The number of aromatic nitrogens is 2. The number of nitrogens with zero attached hydrogens (tertiary/aromatic N) is 2. The number of nitrogens with one attached hydrogen (secondary N) is 1. The molecule has 4 rings (SSSR count). The van der Waals surface area contributed by atoms with E-state index in [1.54, 1.807) is 22.9 Å². The minimum Gasteiger partial charge on any atom is -0.307 e. The Morgan fingerprint density at radius 1 is 1.23 bits per heavy atom. The molecule has 0 amide bonds. The first-order valence-electron chi connectivity index (χ1n) is 9.70. The Hall–Kier alpha value is -2.43. The standard InChI is InChI=1S/C21H21F2N3O3S2/c1-12-3-4-17-5-6-18(25-31(2,28)29)19(26(17)21(12)27)10-16-11-30-20(24-16)13-7-14(22)9-15(23)8-13/h3-4,7-9,11,18-19,25H,5-6,10H2,1-2H3. The Morgan fingerprint density at radius 2 is 1.94 bits per heavy atom. The van der Waals surface area contributed by atoms with Crippen molar-refractivity contribution in [2.45, 2.75) is 38.3 Å². The second-order valence-corrected chi connectivity index (χ2v) is 10.4. The van der Waals surface area contributed by atoms with Crippen LogP contribution >= 0.6 is 11.3 Å². The molecular weight excluding hydrogens is 444 g/mol. The zero-order chi connectivity index (χ0) is 22.3. The van der Waals surface area contributed by atoms with Crippen LogP contribution in [0, 0.1) is 18.6 Å². The van der Waals surface area contributed by atoms with Gasteiger partial charge in [-0.3, -0.25) is 4.79 Å². The van der Waals surface area contributed by atoms with Gasteiger partial charge in [0.05, 0.1) is 18.0 Å². The predicted octanol–water partition coefficient (Wildman–Crippen LogP) is 3.21. The van der Waals surface area contributed by atoms with Crippen LogP contribution in [-0.2, 0) is 22.9 Å². The number of hydrogen-bond acceptors (Lipinski definition) is 5. The predicted molar refractivity (Wildman–Crippen MR) is 116 cm³/mol. The van der Waals surface area contributed by atoms with Gasteiger partial charge in [0.25, 0.3) is 5.56 Å². The van der Waals surface area contributed by atoms with Gasteiger partial charge < -0.3 is 4.57 Å². The lowest BCUT2D eigenvalue weighted by Crippen LogP contribution is -2.48. The Bertz CT molecular complexity index is 1280. The van der Waals surface area contributed by atoms with E-state index < -0.39 is 33.7 Å². The molecule has 2 atom stereocenters. The van der Waals surface area contributed by atoms with Crippen LogP contribution in [0.4, 0.5) is 8.78 Å². The molecule has 0 aliphatic carbocycles. The highest BCUT2D eigenvalue weighted by molar-refractivity contribution is 7.88. The van der Waals surface area contributed by atoms with Gasteiger partial charge in [0.15, 0.2) is 0 Å². The summed E-state index contributed by atoms with van der Waals surface area (Å²) in [6, 6.07) is 5.95. The molecule has 3 heterocycles. The number of sulfonamides is 1. The number of aryl methyl sites for hydroxylation is 2. The molecule has 0 saturated carbocycles. The molecule has 0 radical (unpaired) electrons. The molecule has 1 aliphatic heterocycles. The number of pyridine rings is 1. The van der Waals surface area contributed by atoms with Gasteiger partial charge in [-0.05, 0) is 38.0 Å². The lowest BCUT2D eigenvalue weighted by molar-refractivity contribution is 0.313. The van der Waals surface area contributed by atoms with E-state index in [0.29, 0.717) is 41.1 Å². The zero-order valence-corrected chi connectivity index (χ0v) is 18.6. The molecule has 0 saturated heterocycles. The molecule has 31 heavy (non-hydrogen) atoms. The monoisotopic (exact) mass is 465 g/mol. The van der Waals surface area contributed by atoms with Crippen LogP contribution in [0.2, 0.25) is 0 Å². The second-order valence-electron chi connectivity index (χ2n) is 7.79. The molecule has 0 fully saturated rings. The number of benzene rings is 1. The van der Waals surface area contributed by atoms with Crippen LogP contribution in [0.5, 0.6) is 0 Å². The van der Waals surface area contributed by atoms with E-state index in [1.165, 1.54) is 23.5 Å². The number of thiazole rings is 1. The van der Waals surface area contributed by atoms with Crippen molar-refractivity contribution in [1.82, 2.24) is 14.3 Å². The van der Waals surface area contributed by atoms with Gasteiger partial charge >= 0.3 is 0 Å². The first kappa shape index (κ1) is 21.8. The van der Waals surface area contributed by atoms with Crippen LogP contribution in [0.15, 0.2) is 40.5 Å². The number of halogens is 2. The van der Waals surface area contributed by atoms with E-state index in [0.717, 1.165) is 18.0 Å². The summed E-state index contributed by atoms with van der Waals surface area (Å²) < 4.78 is 55.3. The van der Waals surface area contributed by atoms with Crippen molar-refractivity contribution in [2.24, 2.45) is 0 Å². The van der Waals surface area contributed by atoms with Crippen LogP contribution in [0.1, 0.15) is 29.4 Å². The lowest BCUT2D eigenvalue weighted by Gasteiger charge is -2.35. The number of fused-ring (bicyclic) bond motifs is 1. The van der Waals surface area contributed by atoms with Crippen molar-refractivity contribution >= 4 is 21.4 Å². The third-order valence-corrected chi connectivity index (χ3v) is 7.01. The maximum atomic E-state index is 13.6. The smallest absolute Gasteiger partial charge is 0.253 e. The molecule has 3 aromatic rings. The molecule has 2 aromatic heterocycles. The topological polar surface area (TPSA) is 81.1 Å². The first-order chi connectivity index (χ1) is 14.6. The van der Waals surface area contributed by atoms with Gasteiger partial charge in [-0.25, -0.2) is 26.9 Å². The lowest BCUT2D eigenvalue weighted by atomic mass is 9.93. The van der Waals surface area contributed by atoms with E-state index in [4.69, 9.17) is 0 Å². The Balaban J connectivity index is 1.72. The quantitative estimate of drug-likeness (QED) is 0.628. The van der Waals surface area contributed by atoms with Crippen LogP contribution in [-0.4, -0.2) is 30.3 Å². The maximum absolute atomic E-state index is 13.6. The van der Waals surface area contributed by atoms with Crippen molar-refractivity contribution in [3.8, 4) is 10.6 Å². The van der Waals surface area contributed by atoms with Gasteiger partial charge in [-0.2, -0.15) is 0 Å². The third-order valence-electron chi connectivity index (χ3n) is 5.34. The zero-order valence-electron chi connectivity index (χ0n) is 16.9. The van der Waals surface area contributed by atoms with Gasteiger partial charge in [-0.15, -0.1) is 11.3 Å². The summed E-state index contributed by atoms with van der Waals surface area (Å²) in [6.07, 6.45) is 2.52. The normalized spacial score (nSPS) is 18.7. The summed E-state index contributed by atoms with van der Waals surface area (Å²) in [4.78, 5) is 17.4. The van der Waals surface area contributed by atoms with Crippen molar-refractivity contribution in [2.75, 3.05) is 6.26 Å². The minimum atomic E-state index is -3.49. The minimum absolute atomic E-state index is 0.162. The van der Waals surface area contributed by atoms with E-state index in [-0.39, 0.29) is 5.56 Å². The summed E-state index contributed by atoms with van der Waals surface area (Å²) in [5.41, 5.74) is 2.20. The summed E-state index contributed by atoms with van der Waals surface area (Å²) in [5, 5.41) is 2.22. The molecule has 1 aromatic carbocycles. The average Bonchev–Trinajstić information content (AvgIpc) is 3.13. The third kappa shape index (κ3) is 4.76. The second kappa shape index (κ2) is 8.25. The molecular formula is C21H21F2N3O3S2. The Labute approximate surface area is 182 Å². The molecule has 2 unspecified atom stereocenters. The highest BCUT2D eigenvalue weighted by Crippen LogP contribution is 2.31. The highest BCUT2D eigenvalue weighted by atomic mass is 32.2. The largest absolute Gasteiger partial charge is 0.307 e. The van der Waals surface area contributed by atoms with E-state index in [1.807, 2.05) is 6.07 Å². The summed E-state index contributed by atoms with van der Waals surface area (Å²) in [7, 11) is -3.49. The first-order valence-corrected chi connectivity index (χ1v) is 12.5. The fourth-order valence-corrected chi connectivity index (χ4v) is 5.65. The van der Waals surface area contributed by atoms with Gasteiger partial charge in [-0.1, -0.05) is 6.07 Å². The van der Waals surface area contributed by atoms with Crippen LogP contribution in [0.25, 0.3) is 10.6 Å². The van der Waals surface area contributed by atoms with E-state index in [9.17, 15) is 22.0 Å². The van der Waals surface area contributed by atoms with Crippen molar-refractivity contribution in [1.29, 1.82) is 0 Å². The number of rotatable bonds is 5. The average molecular weight is 466 g/mol. The number of hydrogen-bond donors (Lipinski definition) is 1. The van der Waals surface area contributed by atoms with Crippen molar-refractivity contribution in [3.05, 3.63) is 74.7 Å². The molecule has 1 N–H and O–H groups in total. The van der Waals surface area contributed by atoms with E-state index >= 15 is 0 Å². The summed E-state index contributed by atoms with van der Waals surface area (Å²) in [5.74, 6) is -1.38. The van der Waals surface area contributed by atoms with Crippen molar-refractivity contribution < 1.29 is 17.2 Å². The molecule has 10 heteroatoms. The molecule has 0 bridgehead atoms. The van der Waals surface area contributed by atoms with Crippen LogP contribution < -0.4 is 10.3 Å². The summed E-state index contributed by atoms with van der Waals surface area (Å²) in [6.45, 7) is 1.72. The molecule has 6 nitrogen and oxygen atoms in total. The molecule has 164 valence electrons. The van der Waals surface area contributed by atoms with Gasteiger partial charge in [0.2, 0.25) is 10.0 Å². The Morgan fingerprint density at radius 3 is 2.61 bits per heavy atom. The molecule has 0 spiro atoms. The maximum Gasteiger partial charge on any atom is 0.253 e. The van der Waals surface area contributed by atoms with Gasteiger partial charge in [0.1, 0.15) is 16.6 Å². The van der Waals surface area contributed by atoms with Crippen molar-refractivity contribution in [3.63, 3.8) is 0 Å². The van der Waals surface area contributed by atoms with E-state index in [2.05, 4.69) is 9.71 Å². The summed E-state index contributed by atoms with van der Waals surface area (Å²) >= 11 is 1.24. The van der Waals surface area contributed by atoms with Gasteiger partial charge in [0, 0.05) is 40.7 Å².